The second-order valence-electron chi connectivity index (χ2n) is 5.78. The van der Waals surface area contributed by atoms with Crippen LogP contribution in [-0.4, -0.2) is 31.3 Å². The van der Waals surface area contributed by atoms with Gasteiger partial charge in [0.1, 0.15) is 5.82 Å². The second-order valence-corrected chi connectivity index (χ2v) is 9.44. The Morgan fingerprint density at radius 1 is 1.14 bits per heavy atom. The molecule has 0 atom stereocenters. The standard InChI is InChI=1S/C18H16FN3O3S3/c1-28(24,25)22-14-6-2-12(3-7-14)16-10-27-18(20-16)21-17(23)11-26-15-8-4-13(19)5-9-15/h2-10,22H,11H2,1H3,(H,20,21,23). The van der Waals surface area contributed by atoms with Crippen molar-refractivity contribution in [3.8, 4) is 11.3 Å². The zero-order valence-corrected chi connectivity index (χ0v) is 17.1. The Morgan fingerprint density at radius 2 is 1.82 bits per heavy atom. The van der Waals surface area contributed by atoms with E-state index >= 15 is 0 Å². The quantitative estimate of drug-likeness (QED) is 0.545. The van der Waals surface area contributed by atoms with E-state index in [1.165, 1.54) is 35.2 Å². The van der Waals surface area contributed by atoms with Crippen LogP contribution >= 0.6 is 23.1 Å². The van der Waals surface area contributed by atoms with Crippen molar-refractivity contribution in [1.82, 2.24) is 4.98 Å². The van der Waals surface area contributed by atoms with Crippen molar-refractivity contribution in [2.45, 2.75) is 4.90 Å². The molecule has 1 heterocycles. The van der Waals surface area contributed by atoms with Gasteiger partial charge < -0.3 is 5.32 Å². The maximum Gasteiger partial charge on any atom is 0.236 e. The molecular formula is C18H16FN3O3S3. The highest BCUT2D eigenvalue weighted by atomic mass is 32.2. The third kappa shape index (κ3) is 6.04. The minimum absolute atomic E-state index is 0.187. The molecule has 6 nitrogen and oxygen atoms in total. The number of hydrogen-bond acceptors (Lipinski definition) is 6. The fraction of sp³-hybridized carbons (Fsp3) is 0.111. The van der Waals surface area contributed by atoms with Crippen LogP contribution < -0.4 is 10.0 Å². The van der Waals surface area contributed by atoms with Gasteiger partial charge in [-0.3, -0.25) is 9.52 Å². The van der Waals surface area contributed by atoms with Gasteiger partial charge in [-0.1, -0.05) is 12.1 Å². The number of thiazole rings is 1. The van der Waals surface area contributed by atoms with Crippen molar-refractivity contribution < 1.29 is 17.6 Å². The van der Waals surface area contributed by atoms with Crippen LogP contribution in [0.1, 0.15) is 0 Å². The van der Waals surface area contributed by atoms with Gasteiger partial charge in [0.05, 0.1) is 17.7 Å². The first kappa shape index (κ1) is 20.3. The molecule has 0 saturated carbocycles. The average Bonchev–Trinajstić information content (AvgIpc) is 3.09. The first-order valence-electron chi connectivity index (χ1n) is 8.00. The number of anilines is 2. The highest BCUT2D eigenvalue weighted by Crippen LogP contribution is 2.26. The normalized spacial score (nSPS) is 11.2. The van der Waals surface area contributed by atoms with Crippen LogP contribution in [0.3, 0.4) is 0 Å². The fourth-order valence-corrected chi connectivity index (χ4v) is 4.22. The molecule has 0 aliphatic rings. The number of nitrogens with one attached hydrogen (secondary N) is 2. The molecule has 3 rings (SSSR count). The topological polar surface area (TPSA) is 88.2 Å². The lowest BCUT2D eigenvalue weighted by atomic mass is 10.1. The number of amides is 1. The van der Waals surface area contributed by atoms with E-state index in [1.54, 1.807) is 36.4 Å². The smallest absolute Gasteiger partial charge is 0.236 e. The van der Waals surface area contributed by atoms with Crippen molar-refractivity contribution in [3.63, 3.8) is 0 Å². The van der Waals surface area contributed by atoms with E-state index in [9.17, 15) is 17.6 Å². The van der Waals surface area contributed by atoms with Crippen molar-refractivity contribution in [1.29, 1.82) is 0 Å². The Morgan fingerprint density at radius 3 is 2.46 bits per heavy atom. The summed E-state index contributed by atoms with van der Waals surface area (Å²) in [5, 5.41) is 5.02. The molecule has 0 spiro atoms. The zero-order chi connectivity index (χ0) is 20.1. The van der Waals surface area contributed by atoms with Gasteiger partial charge in [0.25, 0.3) is 0 Å². The largest absolute Gasteiger partial charge is 0.301 e. The van der Waals surface area contributed by atoms with E-state index in [0.29, 0.717) is 16.5 Å². The molecular weight excluding hydrogens is 421 g/mol. The predicted octanol–water partition coefficient (Wildman–Crippen LogP) is 4.05. The number of carbonyl (C=O) groups is 1. The van der Waals surface area contributed by atoms with E-state index < -0.39 is 10.0 Å². The van der Waals surface area contributed by atoms with Gasteiger partial charge in [-0.25, -0.2) is 17.8 Å². The average molecular weight is 438 g/mol. The predicted molar refractivity (Wildman–Crippen MR) is 112 cm³/mol. The molecule has 1 aromatic heterocycles. The number of nitrogens with zero attached hydrogens (tertiary/aromatic N) is 1. The second kappa shape index (κ2) is 8.72. The highest BCUT2D eigenvalue weighted by Gasteiger charge is 2.09. The van der Waals surface area contributed by atoms with Gasteiger partial charge in [-0.2, -0.15) is 0 Å². The van der Waals surface area contributed by atoms with Gasteiger partial charge in [0, 0.05) is 21.5 Å². The van der Waals surface area contributed by atoms with Crippen LogP contribution in [0, 0.1) is 5.82 Å². The maximum absolute atomic E-state index is 12.9. The Kier molecular flexibility index (Phi) is 6.32. The van der Waals surface area contributed by atoms with Crippen molar-refractivity contribution in [3.05, 3.63) is 59.7 Å². The fourth-order valence-electron chi connectivity index (χ4n) is 2.22. The summed E-state index contributed by atoms with van der Waals surface area (Å²) in [6, 6.07) is 12.7. The maximum atomic E-state index is 12.9. The van der Waals surface area contributed by atoms with E-state index in [0.717, 1.165) is 16.7 Å². The summed E-state index contributed by atoms with van der Waals surface area (Å²) >= 11 is 2.60. The van der Waals surface area contributed by atoms with Gasteiger partial charge in [-0.15, -0.1) is 23.1 Å². The van der Waals surface area contributed by atoms with Gasteiger partial charge >= 0.3 is 0 Å². The molecule has 0 radical (unpaired) electrons. The molecule has 0 unspecified atom stereocenters. The molecule has 1 amide bonds. The third-order valence-corrected chi connectivity index (χ3v) is 5.79. The Balaban J connectivity index is 1.57. The molecule has 28 heavy (non-hydrogen) atoms. The molecule has 0 bridgehead atoms. The zero-order valence-electron chi connectivity index (χ0n) is 14.7. The molecule has 10 heteroatoms. The Hall–Kier alpha value is -2.43. The van der Waals surface area contributed by atoms with E-state index in [2.05, 4.69) is 15.0 Å². The summed E-state index contributed by atoms with van der Waals surface area (Å²) < 4.78 is 37.8. The number of sulfonamides is 1. The number of hydrogen-bond donors (Lipinski definition) is 2. The molecule has 0 aliphatic heterocycles. The number of rotatable bonds is 7. The van der Waals surface area contributed by atoms with Gasteiger partial charge in [0.2, 0.25) is 15.9 Å². The van der Waals surface area contributed by atoms with Crippen LogP contribution in [0.4, 0.5) is 15.2 Å². The Labute approximate surface area is 170 Å². The monoisotopic (exact) mass is 437 g/mol. The summed E-state index contributed by atoms with van der Waals surface area (Å²) in [7, 11) is -3.32. The summed E-state index contributed by atoms with van der Waals surface area (Å²) in [5.41, 5.74) is 1.95. The number of carbonyl (C=O) groups excluding carboxylic acids is 1. The molecule has 0 saturated heterocycles. The lowest BCUT2D eigenvalue weighted by molar-refractivity contribution is -0.113. The van der Waals surface area contributed by atoms with Crippen LogP contribution in [0.2, 0.25) is 0 Å². The van der Waals surface area contributed by atoms with Gasteiger partial charge in [0.15, 0.2) is 5.13 Å². The Bertz CT molecular complexity index is 1070. The van der Waals surface area contributed by atoms with Crippen LogP contribution in [-0.2, 0) is 14.8 Å². The number of halogens is 1. The molecule has 0 fully saturated rings. The van der Waals surface area contributed by atoms with Crippen LogP contribution in [0.25, 0.3) is 11.3 Å². The third-order valence-electron chi connectivity index (χ3n) is 3.42. The summed E-state index contributed by atoms with van der Waals surface area (Å²) in [4.78, 5) is 17.3. The molecule has 0 aliphatic carbocycles. The van der Waals surface area contributed by atoms with E-state index in [1.807, 2.05) is 5.38 Å². The summed E-state index contributed by atoms with van der Waals surface area (Å²) in [6.07, 6.45) is 1.09. The summed E-state index contributed by atoms with van der Waals surface area (Å²) in [6.45, 7) is 0. The first-order chi connectivity index (χ1) is 13.3. The highest BCUT2D eigenvalue weighted by molar-refractivity contribution is 8.00. The number of benzene rings is 2. The number of thioether (sulfide) groups is 1. The lowest BCUT2D eigenvalue weighted by Gasteiger charge is -2.04. The lowest BCUT2D eigenvalue weighted by Crippen LogP contribution is -2.13. The minimum atomic E-state index is -3.32. The van der Waals surface area contributed by atoms with Crippen molar-refractivity contribution >= 4 is 49.8 Å². The minimum Gasteiger partial charge on any atom is -0.301 e. The van der Waals surface area contributed by atoms with E-state index in [4.69, 9.17) is 0 Å². The molecule has 2 N–H and O–H groups in total. The summed E-state index contributed by atoms with van der Waals surface area (Å²) in [5.74, 6) is -0.334. The number of aromatic nitrogens is 1. The van der Waals surface area contributed by atoms with Crippen molar-refractivity contribution in [2.75, 3.05) is 22.0 Å². The van der Waals surface area contributed by atoms with Gasteiger partial charge in [-0.05, 0) is 36.4 Å². The SMILES string of the molecule is CS(=O)(=O)Nc1ccc(-c2csc(NC(=O)CSc3ccc(F)cc3)n2)cc1. The van der Waals surface area contributed by atoms with Crippen LogP contribution in [0.15, 0.2) is 58.8 Å². The van der Waals surface area contributed by atoms with Crippen molar-refractivity contribution in [2.24, 2.45) is 0 Å². The first-order valence-corrected chi connectivity index (χ1v) is 11.8. The van der Waals surface area contributed by atoms with E-state index in [-0.39, 0.29) is 17.5 Å². The molecule has 146 valence electrons. The molecule has 3 aromatic rings. The van der Waals surface area contributed by atoms with Crippen LogP contribution in [0.5, 0.6) is 0 Å². The molecule has 2 aromatic carbocycles.